The van der Waals surface area contributed by atoms with Gasteiger partial charge in [-0.05, 0) is 61.6 Å². The van der Waals surface area contributed by atoms with Gasteiger partial charge in [-0.2, -0.15) is 9.65 Å². The number of rotatable bonds is 11. The predicted octanol–water partition coefficient (Wildman–Crippen LogP) is 6.95. The molecule has 10 nitrogen and oxygen atoms in total. The van der Waals surface area contributed by atoms with Gasteiger partial charge in [-0.25, -0.2) is 14.2 Å². The first-order valence-corrected chi connectivity index (χ1v) is 15.4. The van der Waals surface area contributed by atoms with Gasteiger partial charge in [0.1, 0.15) is 23.9 Å². The standard InChI is InChI=1S/C36H32F2N4O6/c1-42-17-16-40-33(42)26-19-25(48-36(35(43)44-2)14-6-7-15-36)11-13-28(26)46-32-27(37)21-41-34(31(32)38)47-30-18-24(20-39)10-12-29(30)45-22-23-8-4-3-5-9-23/h3-5,8-13,18-19,21H,6-7,14-17,22H2,1-2H3. The zero-order valence-corrected chi connectivity index (χ0v) is 26.4. The molecular formula is C36H32F2N4O6. The van der Waals surface area contributed by atoms with Gasteiger partial charge in [0.05, 0.1) is 37.0 Å². The number of halogens is 2. The molecule has 2 heterocycles. The summed E-state index contributed by atoms with van der Waals surface area (Å²) >= 11 is 0. The number of likely N-dealkylation sites (N-methyl/N-ethyl adjacent to an activating group) is 1. The SMILES string of the molecule is COC(=O)C1(Oc2ccc(Oc3c(F)cnc(Oc4cc(C#N)ccc4OCc4ccccc4)c3F)c(C3=NCCN3C)c2)CCCC1. The lowest BCUT2D eigenvalue weighted by Gasteiger charge is -2.28. The molecule has 1 fully saturated rings. The second kappa shape index (κ2) is 14.0. The lowest BCUT2D eigenvalue weighted by atomic mass is 10.0. The number of carbonyl (C=O) groups excluding carboxylic acids is 1. The van der Waals surface area contributed by atoms with Crippen LogP contribution in [0.2, 0.25) is 0 Å². The fourth-order valence-corrected chi connectivity index (χ4v) is 5.69. The summed E-state index contributed by atoms with van der Waals surface area (Å²) < 4.78 is 60.1. The summed E-state index contributed by atoms with van der Waals surface area (Å²) in [6, 6.07) is 20.5. The zero-order chi connectivity index (χ0) is 33.7. The lowest BCUT2D eigenvalue weighted by Crippen LogP contribution is -2.42. The van der Waals surface area contributed by atoms with E-state index in [1.807, 2.05) is 48.3 Å². The van der Waals surface area contributed by atoms with Crippen molar-refractivity contribution in [1.82, 2.24) is 9.88 Å². The number of ether oxygens (including phenoxy) is 5. The summed E-state index contributed by atoms with van der Waals surface area (Å²) in [5.74, 6) is -2.92. The smallest absolute Gasteiger partial charge is 0.350 e. The predicted molar refractivity (Wildman–Crippen MR) is 171 cm³/mol. The Morgan fingerprint density at radius 1 is 1.00 bits per heavy atom. The summed E-state index contributed by atoms with van der Waals surface area (Å²) in [5.41, 5.74) is 0.390. The molecule has 0 N–H and O–H groups in total. The number of amidine groups is 1. The number of nitrogens with zero attached hydrogens (tertiary/aromatic N) is 4. The molecule has 1 aliphatic heterocycles. The van der Waals surface area contributed by atoms with Crippen molar-refractivity contribution >= 4 is 11.8 Å². The molecule has 1 saturated carbocycles. The maximum Gasteiger partial charge on any atom is 0.350 e. The van der Waals surface area contributed by atoms with Gasteiger partial charge in [0.2, 0.25) is 17.2 Å². The van der Waals surface area contributed by atoms with Gasteiger partial charge in [-0.3, -0.25) is 4.99 Å². The van der Waals surface area contributed by atoms with Gasteiger partial charge < -0.3 is 28.6 Å². The van der Waals surface area contributed by atoms with E-state index in [1.165, 1.54) is 31.4 Å². The number of esters is 1. The molecule has 48 heavy (non-hydrogen) atoms. The Kier molecular flexibility index (Phi) is 9.38. The van der Waals surface area contributed by atoms with Crippen molar-refractivity contribution in [2.45, 2.75) is 37.9 Å². The van der Waals surface area contributed by atoms with E-state index in [9.17, 15) is 10.1 Å². The molecule has 12 heteroatoms. The fraction of sp³-hybridized carbons (Fsp3) is 0.278. The van der Waals surface area contributed by atoms with Crippen LogP contribution in [-0.2, 0) is 16.1 Å². The topological polar surface area (TPSA) is 116 Å². The molecule has 0 unspecified atom stereocenters. The fourth-order valence-electron chi connectivity index (χ4n) is 5.69. The van der Waals surface area contributed by atoms with E-state index in [4.69, 9.17) is 23.7 Å². The van der Waals surface area contributed by atoms with Crippen molar-refractivity contribution in [3.05, 3.63) is 101 Å². The van der Waals surface area contributed by atoms with Crippen molar-refractivity contribution in [1.29, 1.82) is 5.26 Å². The molecule has 3 aromatic carbocycles. The molecule has 1 aliphatic carbocycles. The molecule has 246 valence electrons. The minimum absolute atomic E-state index is 0.00418. The largest absolute Gasteiger partial charge is 0.485 e. The van der Waals surface area contributed by atoms with Crippen molar-refractivity contribution in [3.63, 3.8) is 0 Å². The average Bonchev–Trinajstić information content (AvgIpc) is 3.77. The van der Waals surface area contributed by atoms with Gasteiger partial charge in [0, 0.05) is 19.7 Å². The highest BCUT2D eigenvalue weighted by atomic mass is 19.1. The molecule has 0 saturated heterocycles. The van der Waals surface area contributed by atoms with Gasteiger partial charge >= 0.3 is 5.97 Å². The Balaban J connectivity index is 1.32. The van der Waals surface area contributed by atoms with Crippen molar-refractivity contribution in [3.8, 4) is 40.7 Å². The van der Waals surface area contributed by atoms with E-state index < -0.39 is 34.8 Å². The van der Waals surface area contributed by atoms with Crippen LogP contribution in [0.25, 0.3) is 0 Å². The zero-order valence-electron chi connectivity index (χ0n) is 26.4. The third-order valence-corrected chi connectivity index (χ3v) is 8.16. The number of aromatic nitrogens is 1. The van der Waals surface area contributed by atoms with Crippen LogP contribution in [0.1, 0.15) is 42.4 Å². The molecule has 0 spiro atoms. The molecule has 0 amide bonds. The Hall–Kier alpha value is -5.70. The Morgan fingerprint density at radius 3 is 2.48 bits per heavy atom. The van der Waals surface area contributed by atoms with Crippen LogP contribution in [-0.4, -0.2) is 54.5 Å². The molecule has 0 bridgehead atoms. The van der Waals surface area contributed by atoms with Crippen LogP contribution in [0.4, 0.5) is 8.78 Å². The third-order valence-electron chi connectivity index (χ3n) is 8.16. The summed E-state index contributed by atoms with van der Waals surface area (Å²) in [6.07, 6.45) is 3.40. The van der Waals surface area contributed by atoms with Crippen LogP contribution in [0.15, 0.2) is 77.9 Å². The van der Waals surface area contributed by atoms with Crippen molar-refractivity contribution in [2.75, 3.05) is 27.2 Å². The first-order valence-electron chi connectivity index (χ1n) is 15.4. The maximum atomic E-state index is 16.0. The molecular weight excluding hydrogens is 622 g/mol. The molecule has 1 aromatic heterocycles. The number of hydrogen-bond acceptors (Lipinski definition) is 10. The van der Waals surface area contributed by atoms with E-state index in [-0.39, 0.29) is 29.4 Å². The monoisotopic (exact) mass is 654 g/mol. The minimum atomic E-state index is -1.21. The van der Waals surface area contributed by atoms with Crippen LogP contribution in [0.5, 0.6) is 34.6 Å². The second-order valence-electron chi connectivity index (χ2n) is 11.4. The Bertz CT molecular complexity index is 1890. The molecule has 2 aliphatic rings. The number of pyridine rings is 1. The molecule has 0 atom stereocenters. The van der Waals surface area contributed by atoms with Gasteiger partial charge in [-0.15, -0.1) is 0 Å². The van der Waals surface area contributed by atoms with E-state index in [0.717, 1.165) is 24.6 Å². The highest BCUT2D eigenvalue weighted by Gasteiger charge is 2.45. The summed E-state index contributed by atoms with van der Waals surface area (Å²) in [7, 11) is 3.16. The number of nitriles is 1. The number of carbonyl (C=O) groups is 1. The average molecular weight is 655 g/mol. The van der Waals surface area contributed by atoms with Gasteiger partial charge in [0.25, 0.3) is 5.88 Å². The van der Waals surface area contributed by atoms with Gasteiger partial charge in [-0.1, -0.05) is 30.3 Å². The van der Waals surface area contributed by atoms with Crippen LogP contribution in [0.3, 0.4) is 0 Å². The second-order valence-corrected chi connectivity index (χ2v) is 11.4. The maximum absolute atomic E-state index is 16.0. The number of hydrogen-bond donors (Lipinski definition) is 0. The number of methoxy groups -OCH3 is 1. The van der Waals surface area contributed by atoms with E-state index in [2.05, 4.69) is 9.98 Å². The molecule has 6 rings (SSSR count). The number of aliphatic imine (C=N–C) groups is 1. The Labute approximate surface area is 276 Å². The summed E-state index contributed by atoms with van der Waals surface area (Å²) in [6.45, 7) is 1.31. The summed E-state index contributed by atoms with van der Waals surface area (Å²) in [5, 5.41) is 9.46. The quantitative estimate of drug-likeness (QED) is 0.158. The minimum Gasteiger partial charge on any atom is -0.485 e. The van der Waals surface area contributed by atoms with Crippen molar-refractivity contribution in [2.24, 2.45) is 4.99 Å². The van der Waals surface area contributed by atoms with E-state index in [1.54, 1.807) is 12.1 Å². The highest BCUT2D eigenvalue weighted by molar-refractivity contribution is 6.02. The van der Waals surface area contributed by atoms with E-state index in [0.29, 0.717) is 43.1 Å². The molecule has 4 aromatic rings. The Morgan fingerprint density at radius 2 is 1.77 bits per heavy atom. The van der Waals surface area contributed by atoms with E-state index >= 15 is 8.78 Å². The van der Waals surface area contributed by atoms with Crippen LogP contribution < -0.4 is 18.9 Å². The van der Waals surface area contributed by atoms with Crippen molar-refractivity contribution < 1.29 is 37.3 Å². The molecule has 0 radical (unpaired) electrons. The number of benzene rings is 3. The normalized spacial score (nSPS) is 15.0. The lowest BCUT2D eigenvalue weighted by molar-refractivity contribution is -0.158. The first-order chi connectivity index (χ1) is 23.3. The van der Waals surface area contributed by atoms with Crippen LogP contribution in [0, 0.1) is 23.0 Å². The highest BCUT2D eigenvalue weighted by Crippen LogP contribution is 2.41. The van der Waals surface area contributed by atoms with Gasteiger partial charge in [0.15, 0.2) is 17.3 Å². The summed E-state index contributed by atoms with van der Waals surface area (Å²) in [4.78, 5) is 23.0. The first kappa shape index (κ1) is 32.2. The van der Waals surface area contributed by atoms with Crippen LogP contribution >= 0.6 is 0 Å². The third kappa shape index (κ3) is 6.71.